The maximum atomic E-state index is 6.21. The van der Waals surface area contributed by atoms with E-state index in [9.17, 15) is 0 Å². The molecule has 1 aliphatic carbocycles. The van der Waals surface area contributed by atoms with Crippen LogP contribution in [-0.2, 0) is 0 Å². The predicted octanol–water partition coefficient (Wildman–Crippen LogP) is 2.94. The Kier molecular flexibility index (Phi) is 2.14. The zero-order valence-electron chi connectivity index (χ0n) is 9.31. The Morgan fingerprint density at radius 2 is 2.12 bits per heavy atom. The van der Waals surface area contributed by atoms with E-state index in [0.29, 0.717) is 11.2 Å². The summed E-state index contributed by atoms with van der Waals surface area (Å²) < 4.78 is 2.10. The molecule has 1 fully saturated rings. The third kappa shape index (κ3) is 1.48. The monoisotopic (exact) mass is 236 g/mol. The van der Waals surface area contributed by atoms with Crippen molar-refractivity contribution < 1.29 is 0 Å². The summed E-state index contributed by atoms with van der Waals surface area (Å²) in [5.74, 6) is 1.03. The van der Waals surface area contributed by atoms with Crippen molar-refractivity contribution in [2.45, 2.75) is 38.6 Å². The van der Waals surface area contributed by atoms with E-state index in [0.717, 1.165) is 17.0 Å². The first-order valence-corrected chi connectivity index (χ1v) is 5.94. The van der Waals surface area contributed by atoms with E-state index in [4.69, 9.17) is 11.6 Å². The van der Waals surface area contributed by atoms with Crippen LogP contribution >= 0.6 is 11.6 Å². The Balaban J connectivity index is 2.22. The molecule has 84 valence electrons. The maximum Gasteiger partial charge on any atom is 0.182 e. The normalized spacial score (nSPS) is 16.2. The zero-order valence-corrected chi connectivity index (χ0v) is 10.1. The minimum absolute atomic E-state index is 0.271. The minimum atomic E-state index is 0.271. The van der Waals surface area contributed by atoms with Crippen molar-refractivity contribution in [1.82, 2.24) is 19.5 Å². The van der Waals surface area contributed by atoms with Gasteiger partial charge in [0.15, 0.2) is 10.8 Å². The molecule has 1 aliphatic rings. The van der Waals surface area contributed by atoms with Crippen LogP contribution in [0.2, 0.25) is 5.15 Å². The molecule has 3 rings (SSSR count). The van der Waals surface area contributed by atoms with E-state index in [1.54, 1.807) is 0 Å². The number of halogens is 1. The molecule has 0 unspecified atom stereocenters. The van der Waals surface area contributed by atoms with Crippen molar-refractivity contribution in [3.05, 3.63) is 17.3 Å². The number of fused-ring (bicyclic) bond motifs is 1. The van der Waals surface area contributed by atoms with Crippen LogP contribution in [0.15, 0.2) is 6.33 Å². The number of rotatable bonds is 2. The summed E-state index contributed by atoms with van der Waals surface area (Å²) in [7, 11) is 0. The van der Waals surface area contributed by atoms with Gasteiger partial charge in [-0.1, -0.05) is 25.4 Å². The summed E-state index contributed by atoms with van der Waals surface area (Å²) in [5, 5.41) is 0.526. The highest BCUT2D eigenvalue weighted by Gasteiger charge is 2.27. The largest absolute Gasteiger partial charge is 0.324 e. The average molecular weight is 237 g/mol. The maximum absolute atomic E-state index is 6.21. The van der Waals surface area contributed by atoms with Gasteiger partial charge in [-0.2, -0.15) is 0 Å². The highest BCUT2D eigenvalue weighted by Crippen LogP contribution is 2.38. The van der Waals surface area contributed by atoms with Crippen molar-refractivity contribution in [2.75, 3.05) is 0 Å². The van der Waals surface area contributed by atoms with Crippen molar-refractivity contribution in [1.29, 1.82) is 0 Å². The van der Waals surface area contributed by atoms with Crippen LogP contribution in [0.4, 0.5) is 0 Å². The van der Waals surface area contributed by atoms with Gasteiger partial charge in [-0.3, -0.25) is 0 Å². The van der Waals surface area contributed by atoms with E-state index < -0.39 is 0 Å². The lowest BCUT2D eigenvalue weighted by molar-refractivity contribution is 0.758. The molecule has 4 nitrogen and oxygen atoms in total. The lowest BCUT2D eigenvalue weighted by Gasteiger charge is -2.06. The first-order valence-electron chi connectivity index (χ1n) is 5.57. The summed E-state index contributed by atoms with van der Waals surface area (Å²) in [6.07, 6.45) is 4.23. The minimum Gasteiger partial charge on any atom is -0.324 e. The van der Waals surface area contributed by atoms with Crippen LogP contribution < -0.4 is 0 Å². The van der Waals surface area contributed by atoms with Gasteiger partial charge in [0, 0.05) is 12.0 Å². The molecule has 2 heterocycles. The van der Waals surface area contributed by atoms with Crippen molar-refractivity contribution in [3.8, 4) is 0 Å². The molecule has 0 spiro atoms. The molecule has 2 aromatic heterocycles. The standard InChI is InChI=1S/C11H13ClN4/c1-6(2)10-14-9(12)8-11(15-10)13-5-16(8)7-3-4-7/h5-7H,3-4H2,1-2H3. The molecule has 0 radical (unpaired) electrons. The molecule has 1 saturated carbocycles. The fraction of sp³-hybridized carbons (Fsp3) is 0.545. The molecule has 0 atom stereocenters. The Morgan fingerprint density at radius 1 is 1.38 bits per heavy atom. The summed E-state index contributed by atoms with van der Waals surface area (Å²) in [4.78, 5) is 13.1. The second-order valence-electron chi connectivity index (χ2n) is 4.58. The highest BCUT2D eigenvalue weighted by atomic mass is 35.5. The number of imidazole rings is 1. The second kappa shape index (κ2) is 3.42. The SMILES string of the molecule is CC(C)c1nc(Cl)c2c(ncn2C2CC2)n1. The molecule has 0 N–H and O–H groups in total. The summed E-state index contributed by atoms with van der Waals surface area (Å²) in [5.41, 5.74) is 1.60. The van der Waals surface area contributed by atoms with Crippen molar-refractivity contribution in [2.24, 2.45) is 0 Å². The van der Waals surface area contributed by atoms with Crippen LogP contribution in [-0.4, -0.2) is 19.5 Å². The van der Waals surface area contributed by atoms with Crippen LogP contribution in [0, 0.1) is 0 Å². The molecule has 0 amide bonds. The first kappa shape index (κ1) is 10.0. The smallest absolute Gasteiger partial charge is 0.182 e. The Hall–Kier alpha value is -1.16. The molecule has 16 heavy (non-hydrogen) atoms. The molecule has 0 aliphatic heterocycles. The van der Waals surface area contributed by atoms with Gasteiger partial charge < -0.3 is 4.57 Å². The van der Waals surface area contributed by atoms with Gasteiger partial charge >= 0.3 is 0 Å². The summed E-state index contributed by atoms with van der Waals surface area (Å²) >= 11 is 6.21. The van der Waals surface area contributed by atoms with E-state index in [2.05, 4.69) is 33.4 Å². The van der Waals surface area contributed by atoms with Crippen LogP contribution in [0.1, 0.15) is 44.5 Å². The predicted molar refractivity (Wildman–Crippen MR) is 62.7 cm³/mol. The molecule has 2 aromatic rings. The molecular formula is C11H13ClN4. The zero-order chi connectivity index (χ0) is 11.3. The third-order valence-corrected chi connectivity index (χ3v) is 3.12. The number of nitrogens with zero attached hydrogens (tertiary/aromatic N) is 4. The van der Waals surface area contributed by atoms with E-state index in [-0.39, 0.29) is 5.92 Å². The number of hydrogen-bond acceptors (Lipinski definition) is 3. The summed E-state index contributed by atoms with van der Waals surface area (Å²) in [6.45, 7) is 4.10. The molecule has 5 heteroatoms. The van der Waals surface area contributed by atoms with Gasteiger partial charge in [-0.25, -0.2) is 15.0 Å². The lowest BCUT2D eigenvalue weighted by Crippen LogP contribution is -2.00. The number of hydrogen-bond donors (Lipinski definition) is 0. The Morgan fingerprint density at radius 3 is 2.75 bits per heavy atom. The Labute approximate surface area is 98.7 Å². The first-order chi connectivity index (χ1) is 7.66. The quantitative estimate of drug-likeness (QED) is 0.753. The second-order valence-corrected chi connectivity index (χ2v) is 4.94. The van der Waals surface area contributed by atoms with Gasteiger partial charge in [0.2, 0.25) is 0 Å². The van der Waals surface area contributed by atoms with E-state index in [1.165, 1.54) is 12.8 Å². The van der Waals surface area contributed by atoms with Gasteiger partial charge in [0.05, 0.1) is 6.33 Å². The van der Waals surface area contributed by atoms with Gasteiger partial charge in [0.1, 0.15) is 11.3 Å². The summed E-state index contributed by atoms with van der Waals surface area (Å²) in [6, 6.07) is 0.552. The molecule has 0 aromatic carbocycles. The third-order valence-electron chi connectivity index (χ3n) is 2.86. The highest BCUT2D eigenvalue weighted by molar-refractivity contribution is 6.33. The number of aromatic nitrogens is 4. The lowest BCUT2D eigenvalue weighted by atomic mass is 10.2. The Bertz CT molecular complexity index is 542. The van der Waals surface area contributed by atoms with Gasteiger partial charge in [-0.15, -0.1) is 0 Å². The fourth-order valence-corrected chi connectivity index (χ4v) is 2.08. The molecular weight excluding hydrogens is 224 g/mol. The van der Waals surface area contributed by atoms with Crippen LogP contribution in [0.5, 0.6) is 0 Å². The van der Waals surface area contributed by atoms with E-state index >= 15 is 0 Å². The fourth-order valence-electron chi connectivity index (χ4n) is 1.81. The van der Waals surface area contributed by atoms with Gasteiger partial charge in [0.25, 0.3) is 0 Å². The molecule has 0 saturated heterocycles. The topological polar surface area (TPSA) is 43.6 Å². The van der Waals surface area contributed by atoms with Crippen LogP contribution in [0.25, 0.3) is 11.2 Å². The van der Waals surface area contributed by atoms with Gasteiger partial charge in [-0.05, 0) is 12.8 Å². The average Bonchev–Trinajstić information content (AvgIpc) is 2.98. The van der Waals surface area contributed by atoms with Crippen LogP contribution in [0.3, 0.4) is 0 Å². The van der Waals surface area contributed by atoms with Crippen molar-refractivity contribution >= 4 is 22.8 Å². The van der Waals surface area contributed by atoms with E-state index in [1.807, 2.05) is 6.33 Å². The van der Waals surface area contributed by atoms with Crippen molar-refractivity contribution in [3.63, 3.8) is 0 Å². The molecule has 0 bridgehead atoms.